The zero-order valence-corrected chi connectivity index (χ0v) is 12.8. The van der Waals surface area contributed by atoms with E-state index in [2.05, 4.69) is 4.90 Å². The van der Waals surface area contributed by atoms with Gasteiger partial charge in [-0.1, -0.05) is 12.1 Å². The number of benzene rings is 1. The summed E-state index contributed by atoms with van der Waals surface area (Å²) in [6.45, 7) is 4.73. The van der Waals surface area contributed by atoms with E-state index in [9.17, 15) is 4.79 Å². The van der Waals surface area contributed by atoms with Gasteiger partial charge in [0.1, 0.15) is 6.61 Å². The quantitative estimate of drug-likeness (QED) is 0.758. The molecule has 2 rings (SSSR count). The Morgan fingerprint density at radius 3 is 2.86 bits per heavy atom. The van der Waals surface area contributed by atoms with Crippen LogP contribution in [0.2, 0.25) is 0 Å². The molecule has 0 aromatic heterocycles. The molecular formula is C16H22N2O4. The summed E-state index contributed by atoms with van der Waals surface area (Å²) in [7, 11) is 1.59. The number of hydrogen-bond acceptors (Lipinski definition) is 5. The molecule has 0 aliphatic carbocycles. The number of carbonyl (C=O) groups excluding carboxylic acids is 1. The van der Waals surface area contributed by atoms with Gasteiger partial charge in [0.25, 0.3) is 0 Å². The van der Waals surface area contributed by atoms with Gasteiger partial charge >= 0.3 is 0 Å². The molecule has 0 saturated carbocycles. The molecule has 1 aromatic carbocycles. The molecule has 2 N–H and O–H groups in total. The molecule has 22 heavy (non-hydrogen) atoms. The maximum atomic E-state index is 10.9. The predicted molar refractivity (Wildman–Crippen MR) is 84.0 cm³/mol. The van der Waals surface area contributed by atoms with Gasteiger partial charge in [-0.15, -0.1) is 0 Å². The van der Waals surface area contributed by atoms with Gasteiger partial charge in [0.15, 0.2) is 11.5 Å². The average Bonchev–Trinajstić information content (AvgIpc) is 2.54. The third-order valence-corrected chi connectivity index (χ3v) is 3.41. The first-order chi connectivity index (χ1) is 10.7. The molecule has 120 valence electrons. The van der Waals surface area contributed by atoms with E-state index in [0.717, 1.165) is 38.4 Å². The molecule has 1 aliphatic rings. The van der Waals surface area contributed by atoms with Crippen molar-refractivity contribution in [2.75, 3.05) is 46.6 Å². The molecular weight excluding hydrogens is 284 g/mol. The van der Waals surface area contributed by atoms with Crippen molar-refractivity contribution in [1.29, 1.82) is 0 Å². The van der Waals surface area contributed by atoms with Crippen LogP contribution in [0.5, 0.6) is 11.5 Å². The number of primary amides is 1. The van der Waals surface area contributed by atoms with E-state index in [1.807, 2.05) is 18.2 Å². The van der Waals surface area contributed by atoms with Gasteiger partial charge < -0.3 is 19.9 Å². The van der Waals surface area contributed by atoms with Crippen LogP contribution in [0.1, 0.15) is 5.56 Å². The molecule has 1 aromatic rings. The number of nitrogens with two attached hydrogens (primary N) is 1. The SMILES string of the molecule is COc1cccc(/C=C\C(N)=O)c1OCCN1CCOCC1. The number of para-hydroxylation sites is 1. The summed E-state index contributed by atoms with van der Waals surface area (Å²) in [5, 5.41) is 0. The van der Waals surface area contributed by atoms with Gasteiger partial charge in [-0.25, -0.2) is 0 Å². The average molecular weight is 306 g/mol. The summed E-state index contributed by atoms with van der Waals surface area (Å²) >= 11 is 0. The molecule has 1 fully saturated rings. The molecule has 0 bridgehead atoms. The van der Waals surface area contributed by atoms with Crippen LogP contribution in [0.4, 0.5) is 0 Å². The molecule has 1 heterocycles. The van der Waals surface area contributed by atoms with E-state index < -0.39 is 5.91 Å². The number of ether oxygens (including phenoxy) is 3. The zero-order chi connectivity index (χ0) is 15.8. The van der Waals surface area contributed by atoms with Crippen molar-refractivity contribution in [3.8, 4) is 11.5 Å². The second-order valence-electron chi connectivity index (χ2n) is 4.92. The highest BCUT2D eigenvalue weighted by molar-refractivity contribution is 5.90. The Morgan fingerprint density at radius 2 is 2.18 bits per heavy atom. The van der Waals surface area contributed by atoms with Gasteiger partial charge in [-0.2, -0.15) is 0 Å². The predicted octanol–water partition coefficient (Wildman–Crippen LogP) is 0.905. The molecule has 6 heteroatoms. The number of morpholine rings is 1. The van der Waals surface area contributed by atoms with Crippen molar-refractivity contribution >= 4 is 12.0 Å². The van der Waals surface area contributed by atoms with E-state index in [1.165, 1.54) is 6.08 Å². The minimum Gasteiger partial charge on any atom is -0.493 e. The molecule has 0 radical (unpaired) electrons. The summed E-state index contributed by atoms with van der Waals surface area (Å²) < 4.78 is 16.5. The van der Waals surface area contributed by atoms with Crippen LogP contribution in [0.25, 0.3) is 6.08 Å². The normalized spacial score (nSPS) is 15.9. The number of carbonyl (C=O) groups is 1. The number of nitrogens with zero attached hydrogens (tertiary/aromatic N) is 1. The van der Waals surface area contributed by atoms with Crippen LogP contribution in [-0.4, -0.2) is 57.4 Å². The van der Waals surface area contributed by atoms with Crippen LogP contribution >= 0.6 is 0 Å². The van der Waals surface area contributed by atoms with Crippen molar-refractivity contribution < 1.29 is 19.0 Å². The van der Waals surface area contributed by atoms with Crippen LogP contribution < -0.4 is 15.2 Å². The minimum absolute atomic E-state index is 0.498. The lowest BCUT2D eigenvalue weighted by atomic mass is 10.1. The maximum absolute atomic E-state index is 10.9. The van der Waals surface area contributed by atoms with Crippen LogP contribution in [0, 0.1) is 0 Å². The summed E-state index contributed by atoms with van der Waals surface area (Å²) in [6.07, 6.45) is 2.94. The second kappa shape index (κ2) is 8.41. The van der Waals surface area contributed by atoms with E-state index in [0.29, 0.717) is 18.1 Å². The lowest BCUT2D eigenvalue weighted by molar-refractivity contribution is -0.113. The molecule has 0 atom stereocenters. The van der Waals surface area contributed by atoms with Gasteiger partial charge in [0, 0.05) is 31.3 Å². The lowest BCUT2D eigenvalue weighted by Gasteiger charge is -2.26. The van der Waals surface area contributed by atoms with Gasteiger partial charge in [0.2, 0.25) is 5.91 Å². The van der Waals surface area contributed by atoms with Crippen molar-refractivity contribution in [2.45, 2.75) is 0 Å². The fourth-order valence-corrected chi connectivity index (χ4v) is 2.25. The zero-order valence-electron chi connectivity index (χ0n) is 12.8. The third-order valence-electron chi connectivity index (χ3n) is 3.41. The topological polar surface area (TPSA) is 74.0 Å². The Balaban J connectivity index is 2.01. The van der Waals surface area contributed by atoms with Crippen LogP contribution in [0.3, 0.4) is 0 Å². The Bertz CT molecular complexity index is 525. The molecule has 1 aliphatic heterocycles. The van der Waals surface area contributed by atoms with Crippen LogP contribution in [0.15, 0.2) is 24.3 Å². The highest BCUT2D eigenvalue weighted by Crippen LogP contribution is 2.31. The standard InChI is InChI=1S/C16H22N2O4/c1-20-14-4-2-3-13(5-6-15(17)19)16(14)22-12-9-18-7-10-21-11-8-18/h2-6H,7-12H2,1H3,(H2,17,19)/b6-5-. The molecule has 6 nitrogen and oxygen atoms in total. The van der Waals surface area contributed by atoms with Gasteiger partial charge in [0.05, 0.1) is 20.3 Å². The van der Waals surface area contributed by atoms with Crippen molar-refractivity contribution in [3.05, 3.63) is 29.8 Å². The minimum atomic E-state index is -0.498. The van der Waals surface area contributed by atoms with E-state index in [1.54, 1.807) is 13.2 Å². The highest BCUT2D eigenvalue weighted by atomic mass is 16.5. The summed E-state index contributed by atoms with van der Waals surface area (Å²) in [5.41, 5.74) is 5.91. The first-order valence-electron chi connectivity index (χ1n) is 7.28. The lowest BCUT2D eigenvalue weighted by Crippen LogP contribution is -2.38. The van der Waals surface area contributed by atoms with Gasteiger partial charge in [-0.3, -0.25) is 9.69 Å². The largest absolute Gasteiger partial charge is 0.493 e. The fraction of sp³-hybridized carbons (Fsp3) is 0.438. The monoisotopic (exact) mass is 306 g/mol. The van der Waals surface area contributed by atoms with E-state index in [4.69, 9.17) is 19.9 Å². The number of methoxy groups -OCH3 is 1. The first-order valence-corrected chi connectivity index (χ1v) is 7.28. The number of rotatable bonds is 7. The van der Waals surface area contributed by atoms with Crippen molar-refractivity contribution in [3.63, 3.8) is 0 Å². The Morgan fingerprint density at radius 1 is 1.41 bits per heavy atom. The summed E-state index contributed by atoms with van der Waals surface area (Å²) in [4.78, 5) is 13.2. The maximum Gasteiger partial charge on any atom is 0.241 e. The molecule has 1 amide bonds. The van der Waals surface area contributed by atoms with E-state index >= 15 is 0 Å². The van der Waals surface area contributed by atoms with Crippen LogP contribution in [-0.2, 0) is 9.53 Å². The number of hydrogen-bond donors (Lipinski definition) is 1. The second-order valence-corrected chi connectivity index (χ2v) is 4.92. The Labute approximate surface area is 130 Å². The first kappa shape index (κ1) is 16.3. The number of amides is 1. The summed E-state index contributed by atoms with van der Waals surface area (Å²) in [6, 6.07) is 5.52. The smallest absolute Gasteiger partial charge is 0.241 e. The van der Waals surface area contributed by atoms with Crippen molar-refractivity contribution in [1.82, 2.24) is 4.90 Å². The Hall–Kier alpha value is -2.05. The fourth-order valence-electron chi connectivity index (χ4n) is 2.25. The third kappa shape index (κ3) is 4.75. The molecule has 1 saturated heterocycles. The Kier molecular flexibility index (Phi) is 6.24. The molecule has 0 spiro atoms. The van der Waals surface area contributed by atoms with Crippen molar-refractivity contribution in [2.24, 2.45) is 5.73 Å². The van der Waals surface area contributed by atoms with Gasteiger partial charge in [-0.05, 0) is 12.1 Å². The summed E-state index contributed by atoms with van der Waals surface area (Å²) in [5.74, 6) is 0.756. The molecule has 0 unspecified atom stereocenters. The highest BCUT2D eigenvalue weighted by Gasteiger charge is 2.12. The van der Waals surface area contributed by atoms with E-state index in [-0.39, 0.29) is 0 Å².